The van der Waals surface area contributed by atoms with Gasteiger partial charge in [0.15, 0.2) is 0 Å². The minimum atomic E-state index is 1.01. The Bertz CT molecular complexity index is 1210. The number of unbranched alkanes of at least 4 members (excludes halogenated alkanes) is 8. The minimum Gasteiger partial charge on any atom is -0.493 e. The Kier molecular flexibility index (Phi) is 14.8. The van der Waals surface area contributed by atoms with Crippen LogP contribution >= 0.6 is 0 Å². The summed E-state index contributed by atoms with van der Waals surface area (Å²) in [6.07, 6.45) is 21.1. The smallest absolute Gasteiger partial charge is 0.211 e. The molecule has 0 N–H and O–H groups in total. The zero-order valence-electron chi connectivity index (χ0n) is 28.1. The lowest BCUT2D eigenvalue weighted by atomic mass is 9.90. The van der Waals surface area contributed by atoms with E-state index in [1.165, 1.54) is 109 Å². The number of benzene rings is 2. The Labute approximate surface area is 259 Å². The third kappa shape index (κ3) is 9.26. The quantitative estimate of drug-likeness (QED) is 0.112. The maximum absolute atomic E-state index is 12.2. The average molecular weight is 569 g/mol. The van der Waals surface area contributed by atoms with Crippen LogP contribution in [0.25, 0.3) is 16.9 Å². The molecule has 2 nitrogen and oxygen atoms in total. The van der Waals surface area contributed by atoms with Gasteiger partial charge in [0, 0.05) is 22.3 Å². The van der Waals surface area contributed by atoms with Crippen LogP contribution in [0.2, 0.25) is 0 Å². The second-order valence-electron chi connectivity index (χ2n) is 12.6. The molecule has 0 unspecified atom stereocenters. The second kappa shape index (κ2) is 18.2. The van der Waals surface area contributed by atoms with E-state index in [9.17, 15) is 5.53 Å². The molecule has 0 aromatic heterocycles. The molecule has 0 bridgehead atoms. The molecular formula is C40H60N2. The molecule has 1 aliphatic rings. The molecule has 3 rings (SSSR count). The highest BCUT2D eigenvalue weighted by Gasteiger charge is 2.35. The lowest BCUT2D eigenvalue weighted by molar-refractivity contribution is -0.345. The third-order valence-electron chi connectivity index (χ3n) is 9.03. The molecule has 2 heteroatoms. The highest BCUT2D eigenvalue weighted by Crippen LogP contribution is 2.45. The van der Waals surface area contributed by atoms with Gasteiger partial charge in [-0.05, 0) is 111 Å². The number of hydrogen-bond acceptors (Lipinski definition) is 0. The molecule has 0 saturated heterocycles. The van der Waals surface area contributed by atoms with Crippen LogP contribution in [0, 0.1) is 0 Å². The van der Waals surface area contributed by atoms with Crippen LogP contribution in [-0.2, 0) is 25.7 Å². The van der Waals surface area contributed by atoms with Crippen molar-refractivity contribution >= 4 is 11.4 Å². The van der Waals surface area contributed by atoms with E-state index in [1.807, 2.05) is 0 Å². The van der Waals surface area contributed by atoms with Crippen LogP contribution in [0.1, 0.15) is 165 Å². The van der Waals surface area contributed by atoms with Crippen LogP contribution in [-0.4, -0.2) is 4.70 Å². The largest absolute Gasteiger partial charge is 0.493 e. The van der Waals surface area contributed by atoms with E-state index >= 15 is 0 Å². The summed E-state index contributed by atoms with van der Waals surface area (Å²) < 4.78 is 1.62. The van der Waals surface area contributed by atoms with Gasteiger partial charge in [0.25, 0.3) is 0 Å². The summed E-state index contributed by atoms with van der Waals surface area (Å²) in [5.41, 5.74) is 25.1. The summed E-state index contributed by atoms with van der Waals surface area (Å²) in [5.74, 6) is 0. The molecule has 0 saturated carbocycles. The molecule has 42 heavy (non-hydrogen) atoms. The summed E-state index contributed by atoms with van der Waals surface area (Å²) in [4.78, 5) is 0. The zero-order chi connectivity index (χ0) is 30.3. The SMILES string of the molecule is CCCCCCCCC1=C(c2cc(CC)cc(CCCC)c2)[N+](=[N-])C(c2cc(CC)cc(CCCC)c2)=C1CCCC. The lowest BCUT2D eigenvalue weighted by Crippen LogP contribution is -2.05. The van der Waals surface area contributed by atoms with E-state index in [0.29, 0.717) is 0 Å². The Morgan fingerprint density at radius 3 is 1.26 bits per heavy atom. The lowest BCUT2D eigenvalue weighted by Gasteiger charge is -2.14. The third-order valence-corrected chi connectivity index (χ3v) is 9.03. The average Bonchev–Trinajstić information content (AvgIpc) is 3.29. The Morgan fingerprint density at radius 1 is 0.429 bits per heavy atom. The van der Waals surface area contributed by atoms with E-state index in [0.717, 1.165) is 62.8 Å². The van der Waals surface area contributed by atoms with Gasteiger partial charge in [-0.3, -0.25) is 0 Å². The fourth-order valence-electron chi connectivity index (χ4n) is 6.48. The van der Waals surface area contributed by atoms with Crippen molar-refractivity contribution in [1.82, 2.24) is 0 Å². The Morgan fingerprint density at radius 2 is 0.810 bits per heavy atom. The van der Waals surface area contributed by atoms with E-state index < -0.39 is 0 Å². The van der Waals surface area contributed by atoms with Gasteiger partial charge in [-0.15, -0.1) is 0 Å². The summed E-state index contributed by atoms with van der Waals surface area (Å²) in [6.45, 7) is 13.6. The molecule has 2 aromatic carbocycles. The van der Waals surface area contributed by atoms with Crippen LogP contribution < -0.4 is 0 Å². The molecule has 0 amide bonds. The maximum Gasteiger partial charge on any atom is 0.211 e. The summed E-state index contributed by atoms with van der Waals surface area (Å²) in [6, 6.07) is 14.2. The normalized spacial score (nSPS) is 13.6. The molecule has 0 radical (unpaired) electrons. The van der Waals surface area contributed by atoms with Crippen LogP contribution in [0.4, 0.5) is 0 Å². The first-order valence-corrected chi connectivity index (χ1v) is 17.7. The van der Waals surface area contributed by atoms with Crippen molar-refractivity contribution in [3.05, 3.63) is 86.5 Å². The summed E-state index contributed by atoms with van der Waals surface area (Å²) in [5, 5.41) is 0. The van der Waals surface area contributed by atoms with Crippen LogP contribution in [0.15, 0.2) is 47.5 Å². The number of nitrogens with zero attached hydrogens (tertiary/aromatic N) is 2. The van der Waals surface area contributed by atoms with E-state index in [2.05, 4.69) is 77.9 Å². The highest BCUT2D eigenvalue weighted by atomic mass is 15.2. The molecule has 0 spiro atoms. The molecule has 0 aliphatic carbocycles. The molecule has 2 aromatic rings. The van der Waals surface area contributed by atoms with Crippen LogP contribution in [0.5, 0.6) is 0 Å². The van der Waals surface area contributed by atoms with Crippen molar-refractivity contribution in [1.29, 1.82) is 0 Å². The predicted octanol–water partition coefficient (Wildman–Crippen LogP) is 12.6. The van der Waals surface area contributed by atoms with Crippen molar-refractivity contribution in [2.75, 3.05) is 0 Å². The molecule has 1 heterocycles. The maximum atomic E-state index is 12.2. The number of rotatable bonds is 20. The van der Waals surface area contributed by atoms with Crippen molar-refractivity contribution in [3.8, 4) is 0 Å². The van der Waals surface area contributed by atoms with Gasteiger partial charge in [0.1, 0.15) is 0 Å². The molecule has 1 aliphatic heterocycles. The zero-order valence-corrected chi connectivity index (χ0v) is 28.1. The number of aryl methyl sites for hydroxylation is 4. The van der Waals surface area contributed by atoms with E-state index in [1.54, 1.807) is 4.70 Å². The monoisotopic (exact) mass is 568 g/mol. The first-order valence-electron chi connectivity index (χ1n) is 17.7. The summed E-state index contributed by atoms with van der Waals surface area (Å²) in [7, 11) is 0. The first kappa shape index (κ1) is 34.0. The van der Waals surface area contributed by atoms with Gasteiger partial charge in [0.2, 0.25) is 11.4 Å². The fraction of sp³-hybridized carbons (Fsp3) is 0.600. The van der Waals surface area contributed by atoms with Gasteiger partial charge in [0.05, 0.1) is 0 Å². The number of allylic oxidation sites excluding steroid dienone is 2. The topological polar surface area (TPSA) is 25.3 Å². The number of hydrogen-bond donors (Lipinski definition) is 0. The molecule has 230 valence electrons. The van der Waals surface area contributed by atoms with Crippen molar-refractivity contribution < 1.29 is 4.70 Å². The molecule has 0 atom stereocenters. The molecular weight excluding hydrogens is 508 g/mol. The van der Waals surface area contributed by atoms with Gasteiger partial charge < -0.3 is 5.53 Å². The van der Waals surface area contributed by atoms with Crippen LogP contribution in [0.3, 0.4) is 0 Å². The second-order valence-corrected chi connectivity index (χ2v) is 12.6. The van der Waals surface area contributed by atoms with Crippen molar-refractivity contribution in [3.63, 3.8) is 0 Å². The Hall–Kier alpha value is -2.48. The van der Waals surface area contributed by atoms with Crippen molar-refractivity contribution in [2.24, 2.45) is 0 Å². The van der Waals surface area contributed by atoms with Gasteiger partial charge in [-0.1, -0.05) is 105 Å². The van der Waals surface area contributed by atoms with Gasteiger partial charge in [-0.2, -0.15) is 0 Å². The first-order chi connectivity index (χ1) is 20.5. The summed E-state index contributed by atoms with van der Waals surface area (Å²) >= 11 is 0. The highest BCUT2D eigenvalue weighted by molar-refractivity contribution is 5.82. The fourth-order valence-corrected chi connectivity index (χ4v) is 6.48. The standard InChI is InChI=1S/C40H60N2/c1-7-13-17-18-19-20-24-38-37(23-16-10-4)39(35-27-31(11-5)25-33(29-35)21-14-8-2)42(41)40(38)36-28-32(12-6)26-34(30-36)22-15-9-3/h25-30H,7-24H2,1-6H3. The van der Waals surface area contributed by atoms with E-state index in [4.69, 9.17) is 0 Å². The van der Waals surface area contributed by atoms with Gasteiger partial charge in [-0.25, -0.2) is 4.70 Å². The van der Waals surface area contributed by atoms with Crippen molar-refractivity contribution in [2.45, 2.75) is 157 Å². The predicted molar refractivity (Wildman–Crippen MR) is 184 cm³/mol. The Balaban J connectivity index is 2.16. The molecule has 0 fully saturated rings. The van der Waals surface area contributed by atoms with E-state index in [-0.39, 0.29) is 0 Å². The van der Waals surface area contributed by atoms with Gasteiger partial charge >= 0.3 is 0 Å². The minimum absolute atomic E-state index is 1.01.